The van der Waals surface area contributed by atoms with Crippen LogP contribution in [-0.2, 0) is 19.6 Å². The van der Waals surface area contributed by atoms with Crippen LogP contribution in [0.4, 0.5) is 0 Å². The molecule has 0 amide bonds. The Kier molecular flexibility index (Phi) is 8.66. The predicted octanol–water partition coefficient (Wildman–Crippen LogP) is 3.19. The average molecular weight is 429 g/mol. The van der Waals surface area contributed by atoms with Crippen LogP contribution in [-0.4, -0.2) is 72.0 Å². The number of aliphatic imine (C=N–C) groups is 1. The number of aromatic nitrogens is 1. The van der Waals surface area contributed by atoms with Gasteiger partial charge in [0.15, 0.2) is 5.96 Å². The lowest BCUT2D eigenvalue weighted by molar-refractivity contribution is 0.131. The van der Waals surface area contributed by atoms with Crippen molar-refractivity contribution in [1.29, 1.82) is 0 Å². The van der Waals surface area contributed by atoms with Gasteiger partial charge < -0.3 is 15.1 Å². The fourth-order valence-corrected chi connectivity index (χ4v) is 4.40. The Bertz CT molecular complexity index is 810. The van der Waals surface area contributed by atoms with Crippen LogP contribution in [0.2, 0.25) is 0 Å². The monoisotopic (exact) mass is 428 g/mol. The van der Waals surface area contributed by atoms with E-state index in [0.717, 1.165) is 55.9 Å². The third-order valence-corrected chi connectivity index (χ3v) is 6.41. The lowest BCUT2D eigenvalue weighted by atomic mass is 10.1. The molecule has 164 valence electrons. The lowest BCUT2D eigenvalue weighted by Crippen LogP contribution is -2.45. The largest absolute Gasteiger partial charge is 0.357 e. The van der Waals surface area contributed by atoms with Crippen LogP contribution in [0.1, 0.15) is 35.7 Å². The summed E-state index contributed by atoms with van der Waals surface area (Å²) in [6.07, 6.45) is 0. The minimum atomic E-state index is 0.688. The minimum Gasteiger partial charge on any atom is -0.357 e. The highest BCUT2D eigenvalue weighted by Crippen LogP contribution is 2.15. The zero-order valence-corrected chi connectivity index (χ0v) is 19.7. The van der Waals surface area contributed by atoms with Gasteiger partial charge >= 0.3 is 0 Å². The van der Waals surface area contributed by atoms with Gasteiger partial charge in [0.1, 0.15) is 0 Å². The van der Waals surface area contributed by atoms with E-state index in [4.69, 9.17) is 4.99 Å². The van der Waals surface area contributed by atoms with Crippen molar-refractivity contribution in [3.63, 3.8) is 0 Å². The Hall–Kier alpha value is -1.96. The zero-order chi connectivity index (χ0) is 21.3. The molecule has 0 bridgehead atoms. The molecule has 2 heterocycles. The second-order valence-electron chi connectivity index (χ2n) is 7.86. The molecule has 1 N–H and O–H groups in total. The van der Waals surface area contributed by atoms with Crippen LogP contribution in [0.3, 0.4) is 0 Å². The van der Waals surface area contributed by atoms with E-state index in [0.29, 0.717) is 6.54 Å². The molecule has 0 radical (unpaired) electrons. The van der Waals surface area contributed by atoms with Gasteiger partial charge in [-0.3, -0.25) is 4.90 Å². The maximum Gasteiger partial charge on any atom is 0.194 e. The summed E-state index contributed by atoms with van der Waals surface area (Å²) in [6.45, 7) is 15.5. The maximum atomic E-state index is 4.95. The van der Waals surface area contributed by atoms with Crippen LogP contribution in [0.25, 0.3) is 0 Å². The molecule has 0 atom stereocenters. The van der Waals surface area contributed by atoms with Crippen LogP contribution >= 0.6 is 11.3 Å². The molecule has 1 saturated heterocycles. The molecule has 0 unspecified atom stereocenters. The molecule has 1 aliphatic rings. The topological polar surface area (TPSA) is 47.0 Å². The summed E-state index contributed by atoms with van der Waals surface area (Å²) in [5.41, 5.74) is 3.79. The number of rotatable bonds is 8. The van der Waals surface area contributed by atoms with E-state index >= 15 is 0 Å². The molecule has 0 saturated carbocycles. The zero-order valence-electron chi connectivity index (χ0n) is 18.9. The van der Waals surface area contributed by atoms with Gasteiger partial charge in [0.2, 0.25) is 0 Å². The molecule has 1 aliphatic heterocycles. The number of guanidine groups is 1. The molecule has 0 spiro atoms. The van der Waals surface area contributed by atoms with E-state index in [1.165, 1.54) is 24.2 Å². The Labute approximate surface area is 185 Å². The second-order valence-corrected chi connectivity index (χ2v) is 8.93. The SMILES string of the molecule is CCNC(=NCc1ccccc1CN1CCN(CC)CC1)N(C)Cc1csc(C)n1. The second kappa shape index (κ2) is 11.4. The molecule has 3 rings (SSSR count). The van der Waals surface area contributed by atoms with Crippen LogP contribution in [0, 0.1) is 6.92 Å². The summed E-state index contributed by atoms with van der Waals surface area (Å²) in [6, 6.07) is 8.74. The number of hydrogen-bond acceptors (Lipinski definition) is 5. The molecule has 6 nitrogen and oxygen atoms in total. The summed E-state index contributed by atoms with van der Waals surface area (Å²) in [5, 5.41) is 6.66. The van der Waals surface area contributed by atoms with Gasteiger partial charge in [-0.1, -0.05) is 31.2 Å². The van der Waals surface area contributed by atoms with E-state index in [-0.39, 0.29) is 0 Å². The third kappa shape index (κ3) is 6.52. The number of piperazine rings is 1. The average Bonchev–Trinajstić information content (AvgIpc) is 3.17. The Morgan fingerprint density at radius 2 is 1.83 bits per heavy atom. The van der Waals surface area contributed by atoms with Gasteiger partial charge in [0, 0.05) is 51.7 Å². The number of hydrogen-bond donors (Lipinski definition) is 1. The van der Waals surface area contributed by atoms with E-state index in [1.807, 2.05) is 6.92 Å². The molecule has 1 fully saturated rings. The summed E-state index contributed by atoms with van der Waals surface area (Å²) >= 11 is 1.70. The van der Waals surface area contributed by atoms with E-state index in [9.17, 15) is 0 Å². The van der Waals surface area contributed by atoms with Crippen LogP contribution in [0.15, 0.2) is 34.6 Å². The first-order chi connectivity index (χ1) is 14.6. The molecule has 2 aromatic rings. The summed E-state index contributed by atoms with van der Waals surface area (Å²) in [4.78, 5) is 16.8. The van der Waals surface area contributed by atoms with Crippen molar-refractivity contribution < 1.29 is 0 Å². The molecular weight excluding hydrogens is 392 g/mol. The van der Waals surface area contributed by atoms with Crippen molar-refractivity contribution in [3.8, 4) is 0 Å². The van der Waals surface area contributed by atoms with Gasteiger partial charge in [-0.2, -0.15) is 0 Å². The molecule has 0 aliphatic carbocycles. The predicted molar refractivity (Wildman–Crippen MR) is 127 cm³/mol. The quantitative estimate of drug-likeness (QED) is 0.517. The molecule has 1 aromatic heterocycles. The summed E-state index contributed by atoms with van der Waals surface area (Å²) in [5.74, 6) is 0.925. The number of nitrogens with zero attached hydrogens (tertiary/aromatic N) is 5. The number of benzene rings is 1. The van der Waals surface area contributed by atoms with Crippen molar-refractivity contribution in [2.24, 2.45) is 4.99 Å². The summed E-state index contributed by atoms with van der Waals surface area (Å²) in [7, 11) is 2.08. The fraction of sp³-hybridized carbons (Fsp3) is 0.565. The Morgan fingerprint density at radius 3 is 2.47 bits per heavy atom. The van der Waals surface area contributed by atoms with Gasteiger partial charge in [0.25, 0.3) is 0 Å². The maximum absolute atomic E-state index is 4.95. The fourth-order valence-electron chi connectivity index (χ4n) is 3.80. The van der Waals surface area contributed by atoms with Gasteiger partial charge in [-0.15, -0.1) is 11.3 Å². The number of thiazole rings is 1. The lowest BCUT2D eigenvalue weighted by Gasteiger charge is -2.34. The van der Waals surface area contributed by atoms with Gasteiger partial charge in [-0.05, 0) is 31.5 Å². The van der Waals surface area contributed by atoms with Crippen molar-refractivity contribution in [2.75, 3.05) is 46.3 Å². The van der Waals surface area contributed by atoms with Crippen molar-refractivity contribution in [3.05, 3.63) is 51.5 Å². The molecule has 1 aromatic carbocycles. The van der Waals surface area contributed by atoms with Gasteiger partial charge in [0.05, 0.1) is 23.8 Å². The third-order valence-electron chi connectivity index (χ3n) is 5.59. The number of aryl methyl sites for hydroxylation is 1. The van der Waals surface area contributed by atoms with E-state index in [1.54, 1.807) is 11.3 Å². The Morgan fingerprint density at radius 1 is 1.13 bits per heavy atom. The van der Waals surface area contributed by atoms with Crippen molar-refractivity contribution >= 4 is 17.3 Å². The minimum absolute atomic E-state index is 0.688. The van der Waals surface area contributed by atoms with Crippen LogP contribution < -0.4 is 5.32 Å². The highest BCUT2D eigenvalue weighted by molar-refractivity contribution is 7.09. The van der Waals surface area contributed by atoms with E-state index in [2.05, 4.69) is 75.5 Å². The Balaban J connectivity index is 1.65. The van der Waals surface area contributed by atoms with Crippen molar-refractivity contribution in [2.45, 2.75) is 40.4 Å². The van der Waals surface area contributed by atoms with Crippen LogP contribution in [0.5, 0.6) is 0 Å². The molecule has 7 heteroatoms. The number of nitrogens with one attached hydrogen (secondary N) is 1. The standard InChI is InChI=1S/C23H36N6S/c1-5-24-23(27(4)17-22-18-30-19(3)26-22)25-15-20-9-7-8-10-21(20)16-29-13-11-28(6-2)12-14-29/h7-10,18H,5-6,11-17H2,1-4H3,(H,24,25). The highest BCUT2D eigenvalue weighted by Gasteiger charge is 2.16. The van der Waals surface area contributed by atoms with Gasteiger partial charge in [-0.25, -0.2) is 9.98 Å². The first-order valence-electron chi connectivity index (χ1n) is 11.0. The first kappa shape index (κ1) is 22.7. The first-order valence-corrected chi connectivity index (χ1v) is 11.9. The number of likely N-dealkylation sites (N-methyl/N-ethyl adjacent to an activating group) is 1. The normalized spacial score (nSPS) is 16.1. The van der Waals surface area contributed by atoms with Crippen molar-refractivity contribution in [1.82, 2.24) is 25.0 Å². The molecule has 30 heavy (non-hydrogen) atoms. The van der Waals surface area contributed by atoms with E-state index < -0.39 is 0 Å². The smallest absolute Gasteiger partial charge is 0.194 e. The highest BCUT2D eigenvalue weighted by atomic mass is 32.1. The summed E-state index contributed by atoms with van der Waals surface area (Å²) < 4.78 is 0. The molecular formula is C23H36N6S.